The SMILES string of the molecule is CC(C(=O)O)N(CC(N)=O)CC(=O)O.NC(=O)CN(CC(=O)O)C(COC=O)C(=O)O. The Morgan fingerprint density at radius 3 is 1.55 bits per heavy atom. The molecule has 0 saturated heterocycles. The van der Waals surface area contributed by atoms with E-state index >= 15 is 0 Å². The first-order valence-corrected chi connectivity index (χ1v) is 8.22. The summed E-state index contributed by atoms with van der Waals surface area (Å²) in [6.07, 6.45) is 0. The summed E-state index contributed by atoms with van der Waals surface area (Å²) in [5.41, 5.74) is 9.70. The van der Waals surface area contributed by atoms with Crippen molar-refractivity contribution in [3.05, 3.63) is 0 Å². The standard InChI is InChI=1S/C8H12N2O7.C7H12N2O5/c9-6(12)1-10(2-7(13)14)5(8(15)16)3-17-4-11;1-4(7(13)14)9(2-5(8)10)3-6(11)12/h4-5H,1-3H2,(H2,9,12)(H,13,14)(H,15,16);4H,2-3H2,1H3,(H2,8,10)(H,11,12)(H,13,14). The van der Waals surface area contributed by atoms with Crippen molar-refractivity contribution in [3.8, 4) is 0 Å². The van der Waals surface area contributed by atoms with Crippen LogP contribution in [0.25, 0.3) is 0 Å². The van der Waals surface area contributed by atoms with Crippen LogP contribution < -0.4 is 11.5 Å². The number of ether oxygens (including phenoxy) is 1. The lowest BCUT2D eigenvalue weighted by molar-refractivity contribution is -0.151. The molecule has 0 aromatic carbocycles. The van der Waals surface area contributed by atoms with Gasteiger partial charge in [-0.1, -0.05) is 0 Å². The van der Waals surface area contributed by atoms with E-state index in [9.17, 15) is 33.6 Å². The monoisotopic (exact) mass is 452 g/mol. The third-order valence-corrected chi connectivity index (χ3v) is 3.35. The number of amides is 2. The fourth-order valence-electron chi connectivity index (χ4n) is 1.97. The fraction of sp³-hybridized carbons (Fsp3) is 0.533. The molecular formula is C15H24N4O12. The van der Waals surface area contributed by atoms with E-state index in [2.05, 4.69) is 4.74 Å². The second kappa shape index (κ2) is 15.1. The van der Waals surface area contributed by atoms with Gasteiger partial charge in [-0.25, -0.2) is 0 Å². The van der Waals surface area contributed by atoms with Crippen LogP contribution in [0.5, 0.6) is 0 Å². The number of nitrogens with two attached hydrogens (primary N) is 2. The first-order valence-electron chi connectivity index (χ1n) is 8.22. The molecular weight excluding hydrogens is 428 g/mol. The number of carboxylic acids is 4. The van der Waals surface area contributed by atoms with Gasteiger partial charge in [-0.3, -0.25) is 43.4 Å². The molecule has 0 spiro atoms. The summed E-state index contributed by atoms with van der Waals surface area (Å²) >= 11 is 0. The molecule has 0 aliphatic carbocycles. The summed E-state index contributed by atoms with van der Waals surface area (Å²) in [5.74, 6) is -6.81. The van der Waals surface area contributed by atoms with Gasteiger partial charge >= 0.3 is 23.9 Å². The minimum atomic E-state index is -1.44. The van der Waals surface area contributed by atoms with Crippen molar-refractivity contribution in [2.45, 2.75) is 19.0 Å². The van der Waals surface area contributed by atoms with Gasteiger partial charge in [0.1, 0.15) is 18.7 Å². The zero-order valence-electron chi connectivity index (χ0n) is 16.4. The summed E-state index contributed by atoms with van der Waals surface area (Å²) < 4.78 is 4.25. The molecule has 2 amide bonds. The number of carboxylic acid groups (broad SMARTS) is 4. The van der Waals surface area contributed by atoms with E-state index in [0.29, 0.717) is 0 Å². The average molecular weight is 452 g/mol. The molecule has 2 atom stereocenters. The van der Waals surface area contributed by atoms with Crippen molar-refractivity contribution >= 4 is 42.2 Å². The van der Waals surface area contributed by atoms with Crippen molar-refractivity contribution < 1.29 is 58.7 Å². The van der Waals surface area contributed by atoms with Crippen LogP contribution in [0.15, 0.2) is 0 Å². The van der Waals surface area contributed by atoms with E-state index in [1.54, 1.807) is 0 Å². The molecule has 8 N–H and O–H groups in total. The first kappa shape index (κ1) is 29.4. The normalized spacial score (nSPS) is 12.1. The molecule has 0 radical (unpaired) electrons. The molecule has 16 heteroatoms. The molecule has 2 unspecified atom stereocenters. The minimum absolute atomic E-state index is 0.0269. The highest BCUT2D eigenvalue weighted by atomic mass is 16.5. The van der Waals surface area contributed by atoms with Gasteiger partial charge in [0.25, 0.3) is 6.47 Å². The van der Waals surface area contributed by atoms with E-state index in [0.717, 1.165) is 9.80 Å². The fourth-order valence-corrected chi connectivity index (χ4v) is 1.97. The lowest BCUT2D eigenvalue weighted by Gasteiger charge is -2.24. The number of carbonyl (C=O) groups excluding carboxylic acids is 3. The van der Waals surface area contributed by atoms with E-state index in [-0.39, 0.29) is 13.0 Å². The van der Waals surface area contributed by atoms with Crippen molar-refractivity contribution in [2.24, 2.45) is 11.5 Å². The van der Waals surface area contributed by atoms with Gasteiger partial charge in [-0.2, -0.15) is 0 Å². The molecule has 31 heavy (non-hydrogen) atoms. The number of nitrogens with zero attached hydrogens (tertiary/aromatic N) is 2. The van der Waals surface area contributed by atoms with Gasteiger partial charge in [0.2, 0.25) is 11.8 Å². The Balaban J connectivity index is 0. The Morgan fingerprint density at radius 1 is 0.806 bits per heavy atom. The van der Waals surface area contributed by atoms with Gasteiger partial charge in [0, 0.05) is 0 Å². The third-order valence-electron chi connectivity index (χ3n) is 3.35. The average Bonchev–Trinajstić information content (AvgIpc) is 2.59. The predicted molar refractivity (Wildman–Crippen MR) is 97.3 cm³/mol. The lowest BCUT2D eigenvalue weighted by atomic mass is 10.2. The zero-order chi connectivity index (χ0) is 24.7. The van der Waals surface area contributed by atoms with Gasteiger partial charge in [-0.15, -0.1) is 0 Å². The van der Waals surface area contributed by atoms with Gasteiger partial charge in [0.15, 0.2) is 0 Å². The molecule has 0 heterocycles. The smallest absolute Gasteiger partial charge is 0.324 e. The second-order valence-electron chi connectivity index (χ2n) is 5.83. The Bertz CT molecular complexity index is 651. The molecule has 0 aliphatic rings. The summed E-state index contributed by atoms with van der Waals surface area (Å²) in [7, 11) is 0. The lowest BCUT2D eigenvalue weighted by Crippen LogP contribution is -2.50. The topological polar surface area (TPSA) is 268 Å². The number of hydrogen-bond acceptors (Lipinski definition) is 10. The van der Waals surface area contributed by atoms with Gasteiger partial charge in [0.05, 0.1) is 26.2 Å². The number of primary amides is 2. The maximum Gasteiger partial charge on any atom is 0.324 e. The van der Waals surface area contributed by atoms with Crippen LogP contribution >= 0.6 is 0 Å². The molecule has 0 aromatic heterocycles. The van der Waals surface area contributed by atoms with E-state index in [1.807, 2.05) is 0 Å². The largest absolute Gasteiger partial charge is 0.480 e. The quantitative estimate of drug-likeness (QED) is 0.129. The van der Waals surface area contributed by atoms with Gasteiger partial charge in [-0.05, 0) is 6.92 Å². The zero-order valence-corrected chi connectivity index (χ0v) is 16.4. The second-order valence-corrected chi connectivity index (χ2v) is 5.83. The molecule has 0 rings (SSSR count). The molecule has 0 aliphatic heterocycles. The van der Waals surface area contributed by atoms with Crippen LogP contribution in [0.2, 0.25) is 0 Å². The molecule has 0 saturated carbocycles. The molecule has 176 valence electrons. The van der Waals surface area contributed by atoms with Crippen LogP contribution in [-0.2, 0) is 38.3 Å². The highest BCUT2D eigenvalue weighted by Gasteiger charge is 2.29. The van der Waals surface area contributed by atoms with Crippen molar-refractivity contribution in [1.29, 1.82) is 0 Å². The Hall–Kier alpha value is -3.79. The Kier molecular flexibility index (Phi) is 14.3. The number of aliphatic carboxylic acids is 4. The molecule has 0 aromatic rings. The number of rotatable bonds is 15. The van der Waals surface area contributed by atoms with E-state index < -0.39 is 74.0 Å². The van der Waals surface area contributed by atoms with Crippen molar-refractivity contribution in [3.63, 3.8) is 0 Å². The summed E-state index contributed by atoms with van der Waals surface area (Å²) in [6.45, 7) is -1.45. The summed E-state index contributed by atoms with van der Waals surface area (Å²) in [6, 6.07) is -2.50. The highest BCUT2D eigenvalue weighted by molar-refractivity contribution is 5.81. The summed E-state index contributed by atoms with van der Waals surface area (Å²) in [5, 5.41) is 34.4. The Labute approximate surface area is 174 Å². The maximum absolute atomic E-state index is 10.8. The molecule has 0 fully saturated rings. The van der Waals surface area contributed by atoms with Gasteiger partial charge < -0.3 is 36.6 Å². The van der Waals surface area contributed by atoms with Crippen molar-refractivity contribution in [2.75, 3.05) is 32.8 Å². The number of carbonyl (C=O) groups is 7. The Morgan fingerprint density at radius 2 is 1.23 bits per heavy atom. The molecule has 0 bridgehead atoms. The van der Waals surface area contributed by atoms with E-state index in [1.165, 1.54) is 6.92 Å². The highest BCUT2D eigenvalue weighted by Crippen LogP contribution is 2.01. The van der Waals surface area contributed by atoms with Crippen LogP contribution in [0, 0.1) is 0 Å². The third kappa shape index (κ3) is 14.8. The van der Waals surface area contributed by atoms with Crippen LogP contribution in [0.4, 0.5) is 0 Å². The number of hydrogen-bond donors (Lipinski definition) is 6. The van der Waals surface area contributed by atoms with Crippen LogP contribution in [0.3, 0.4) is 0 Å². The molecule has 16 nitrogen and oxygen atoms in total. The van der Waals surface area contributed by atoms with E-state index in [4.69, 9.17) is 31.9 Å². The first-order chi connectivity index (χ1) is 14.2. The predicted octanol–water partition coefficient (Wildman–Crippen LogP) is -4.18. The van der Waals surface area contributed by atoms with Crippen molar-refractivity contribution in [1.82, 2.24) is 9.80 Å². The van der Waals surface area contributed by atoms with Crippen LogP contribution in [0.1, 0.15) is 6.92 Å². The van der Waals surface area contributed by atoms with Crippen LogP contribution in [-0.4, -0.2) is 117 Å². The maximum atomic E-state index is 10.8. The minimum Gasteiger partial charge on any atom is -0.480 e. The summed E-state index contributed by atoms with van der Waals surface area (Å²) in [4.78, 5) is 75.1.